The van der Waals surface area contributed by atoms with Gasteiger partial charge in [-0.2, -0.15) is 9.28 Å². The largest absolute Gasteiger partial charge is 0.522 e. The number of ether oxygens (including phenoxy) is 1. The monoisotopic (exact) mass is 509 g/mol. The minimum atomic E-state index is -0.775. The van der Waals surface area contributed by atoms with Crippen molar-refractivity contribution in [3.8, 4) is 0 Å². The Morgan fingerprint density at radius 1 is 1.06 bits per heavy atom. The molecule has 1 unspecified atom stereocenters. The number of benzene rings is 2. The fraction of sp³-hybridized carbons (Fsp3) is 0.448. The highest BCUT2D eigenvalue weighted by atomic mass is 32.1. The highest BCUT2D eigenvalue weighted by molar-refractivity contribution is 7.80. The summed E-state index contributed by atoms with van der Waals surface area (Å²) in [6.45, 7) is 8.12. The number of Topliss-reactive ketones (excluding diaryl/α,β-unsaturated/α-hetero) is 1. The molecule has 192 valence electrons. The summed E-state index contributed by atoms with van der Waals surface area (Å²) in [6, 6.07) is 15.5. The maximum absolute atomic E-state index is 13.2. The Labute approximate surface area is 219 Å². The third kappa shape index (κ3) is 6.33. The van der Waals surface area contributed by atoms with Crippen LogP contribution < -0.4 is 5.73 Å². The van der Waals surface area contributed by atoms with E-state index >= 15 is 0 Å². The van der Waals surface area contributed by atoms with Crippen molar-refractivity contribution >= 4 is 34.9 Å². The normalized spacial score (nSPS) is 20.5. The van der Waals surface area contributed by atoms with Gasteiger partial charge in [0.05, 0.1) is 12.6 Å². The lowest BCUT2D eigenvalue weighted by atomic mass is 9.92. The van der Waals surface area contributed by atoms with E-state index in [1.54, 1.807) is 18.2 Å². The van der Waals surface area contributed by atoms with Crippen LogP contribution in [0, 0.1) is 0 Å². The lowest BCUT2D eigenvalue weighted by Gasteiger charge is -2.36. The van der Waals surface area contributed by atoms with E-state index in [2.05, 4.69) is 0 Å². The minimum Gasteiger partial charge on any atom is -0.414 e. The zero-order chi connectivity index (χ0) is 26.5. The zero-order valence-electron chi connectivity index (χ0n) is 21.7. The van der Waals surface area contributed by atoms with Crippen LogP contribution in [-0.4, -0.2) is 51.4 Å². The number of quaternary nitrogens is 1. The van der Waals surface area contributed by atoms with E-state index in [1.165, 1.54) is 0 Å². The van der Waals surface area contributed by atoms with Gasteiger partial charge in [0.1, 0.15) is 17.4 Å². The number of carbonyl (C=O) groups is 3. The first-order valence-electron chi connectivity index (χ1n) is 12.6. The molecule has 0 saturated carbocycles. The van der Waals surface area contributed by atoms with Crippen LogP contribution in [0.15, 0.2) is 54.6 Å². The van der Waals surface area contributed by atoms with Crippen LogP contribution in [0.2, 0.25) is 0 Å². The molecule has 0 aliphatic carbocycles. The highest BCUT2D eigenvalue weighted by Gasteiger charge is 2.52. The van der Waals surface area contributed by atoms with Gasteiger partial charge in [-0.15, -0.1) is 0 Å². The Hall–Kier alpha value is -2.74. The van der Waals surface area contributed by atoms with Gasteiger partial charge in [-0.05, 0) is 51.9 Å². The van der Waals surface area contributed by atoms with Gasteiger partial charge in [-0.3, -0.25) is 9.59 Å². The molecular weight excluding hydrogens is 472 g/mol. The molecule has 36 heavy (non-hydrogen) atoms. The summed E-state index contributed by atoms with van der Waals surface area (Å²) >= 11 is 5.75. The van der Waals surface area contributed by atoms with E-state index in [0.29, 0.717) is 22.7 Å². The SMILES string of the molecule is C[C@@H]1CCC[N+]1(C(=O)OC(C)(C)C)C(=S)CCC(=O)[C@@H](N)Cc1ccccc1C(=O)c1ccccc1. The fourth-order valence-electron chi connectivity index (χ4n) is 4.79. The second kappa shape index (κ2) is 11.5. The molecule has 1 heterocycles. The van der Waals surface area contributed by atoms with Crippen molar-refractivity contribution in [1.29, 1.82) is 0 Å². The number of nitrogens with zero attached hydrogens (tertiary/aromatic N) is 1. The number of amides is 1. The number of rotatable bonds is 8. The van der Waals surface area contributed by atoms with Crippen LogP contribution in [0.4, 0.5) is 4.79 Å². The van der Waals surface area contributed by atoms with Gasteiger partial charge < -0.3 is 10.5 Å². The topological polar surface area (TPSA) is 86.5 Å². The average molecular weight is 510 g/mol. The van der Waals surface area contributed by atoms with Gasteiger partial charge in [0.2, 0.25) is 0 Å². The lowest BCUT2D eigenvalue weighted by Crippen LogP contribution is -2.59. The van der Waals surface area contributed by atoms with Crippen LogP contribution in [0.5, 0.6) is 0 Å². The number of ketones is 2. The maximum Gasteiger partial charge on any atom is 0.522 e. The maximum atomic E-state index is 13.2. The first-order chi connectivity index (χ1) is 17.0. The number of hydrogen-bond acceptors (Lipinski definition) is 6. The van der Waals surface area contributed by atoms with Gasteiger partial charge in [-0.25, -0.2) is 0 Å². The van der Waals surface area contributed by atoms with E-state index in [1.807, 2.05) is 64.1 Å². The molecule has 1 aliphatic rings. The van der Waals surface area contributed by atoms with Crippen LogP contribution in [0.25, 0.3) is 0 Å². The molecule has 3 atom stereocenters. The second-order valence-electron chi connectivity index (χ2n) is 10.6. The van der Waals surface area contributed by atoms with E-state index in [4.69, 9.17) is 22.7 Å². The quantitative estimate of drug-likeness (QED) is 0.291. The molecule has 3 rings (SSSR count). The van der Waals surface area contributed by atoms with Crippen molar-refractivity contribution in [2.24, 2.45) is 5.73 Å². The summed E-state index contributed by atoms with van der Waals surface area (Å²) < 4.78 is 5.72. The van der Waals surface area contributed by atoms with Crippen LogP contribution in [0.1, 0.15) is 74.9 Å². The number of carbonyl (C=O) groups excluding carboxylic acids is 3. The van der Waals surface area contributed by atoms with E-state index in [0.717, 1.165) is 18.4 Å². The molecule has 0 aromatic heterocycles. The van der Waals surface area contributed by atoms with Crippen LogP contribution >= 0.6 is 12.2 Å². The third-order valence-corrected chi connectivity index (χ3v) is 7.32. The fourth-order valence-corrected chi connectivity index (χ4v) is 5.24. The predicted molar refractivity (Wildman–Crippen MR) is 145 cm³/mol. The van der Waals surface area contributed by atoms with Gasteiger partial charge in [0.15, 0.2) is 10.8 Å². The molecule has 1 amide bonds. The highest BCUT2D eigenvalue weighted by Crippen LogP contribution is 2.32. The summed E-state index contributed by atoms with van der Waals surface area (Å²) in [6.07, 6.45) is 2.09. The summed E-state index contributed by atoms with van der Waals surface area (Å²) in [4.78, 5) is 39.7. The van der Waals surface area contributed by atoms with Crippen LogP contribution in [-0.2, 0) is 16.0 Å². The Kier molecular flexibility index (Phi) is 8.93. The number of hydrogen-bond donors (Lipinski definition) is 1. The van der Waals surface area contributed by atoms with Gasteiger partial charge in [0.25, 0.3) is 0 Å². The summed E-state index contributed by atoms with van der Waals surface area (Å²) in [5.41, 5.74) is 7.55. The molecule has 1 fully saturated rings. The molecule has 1 aliphatic heterocycles. The van der Waals surface area contributed by atoms with Gasteiger partial charge >= 0.3 is 6.09 Å². The molecular formula is C29H37N2O4S+. The molecule has 1 saturated heterocycles. The standard InChI is InChI=1S/C29H37N2O4S/c1-20-11-10-18-31(20,28(34)35-29(2,3)4)26(36)17-16-25(32)24(30)19-22-14-8-9-15-23(22)27(33)21-12-6-5-7-13-21/h5-9,12-15,20,24H,10-11,16-19,30H2,1-4H3/q+1/t20-,24+,31?/m1/s1. The molecule has 2 N–H and O–H groups in total. The second-order valence-corrected chi connectivity index (χ2v) is 11.1. The Morgan fingerprint density at radius 2 is 1.69 bits per heavy atom. The van der Waals surface area contributed by atoms with E-state index in [-0.39, 0.29) is 47.4 Å². The zero-order valence-corrected chi connectivity index (χ0v) is 22.5. The average Bonchev–Trinajstić information content (AvgIpc) is 3.24. The summed E-state index contributed by atoms with van der Waals surface area (Å²) in [7, 11) is 0. The van der Waals surface area contributed by atoms with E-state index < -0.39 is 11.6 Å². The summed E-state index contributed by atoms with van der Waals surface area (Å²) in [5, 5.41) is 0. The molecule has 2 aromatic rings. The van der Waals surface area contributed by atoms with Crippen molar-refractivity contribution in [1.82, 2.24) is 0 Å². The van der Waals surface area contributed by atoms with Crippen molar-refractivity contribution in [3.05, 3.63) is 71.3 Å². The minimum absolute atomic E-state index is 0.00648. The number of nitrogens with two attached hydrogens (primary N) is 1. The van der Waals surface area contributed by atoms with Crippen LogP contribution in [0.3, 0.4) is 0 Å². The molecule has 0 bridgehead atoms. The molecule has 7 heteroatoms. The molecule has 6 nitrogen and oxygen atoms in total. The van der Waals surface area contributed by atoms with Crippen molar-refractivity contribution < 1.29 is 23.6 Å². The smallest absolute Gasteiger partial charge is 0.414 e. The van der Waals surface area contributed by atoms with Crippen molar-refractivity contribution in [2.45, 2.75) is 77.5 Å². The third-order valence-electron chi connectivity index (χ3n) is 6.79. The summed E-state index contributed by atoms with van der Waals surface area (Å²) in [5.74, 6) is -0.243. The Morgan fingerprint density at radius 3 is 2.31 bits per heavy atom. The first-order valence-corrected chi connectivity index (χ1v) is 13.0. The molecule has 0 radical (unpaired) electrons. The van der Waals surface area contributed by atoms with Crippen molar-refractivity contribution in [3.63, 3.8) is 0 Å². The molecule has 2 aromatic carbocycles. The number of likely N-dealkylation sites (tertiary alicyclic amines) is 1. The molecule has 0 spiro atoms. The first kappa shape index (κ1) is 27.8. The predicted octanol–water partition coefficient (Wildman–Crippen LogP) is 5.40. The van der Waals surface area contributed by atoms with E-state index in [9.17, 15) is 14.4 Å². The Bertz CT molecular complexity index is 1130. The van der Waals surface area contributed by atoms with Gasteiger partial charge in [-0.1, -0.05) is 54.6 Å². The van der Waals surface area contributed by atoms with Gasteiger partial charge in [0, 0.05) is 36.8 Å². The Balaban J connectivity index is 1.68. The van der Waals surface area contributed by atoms with Crippen molar-refractivity contribution in [2.75, 3.05) is 6.54 Å². The number of thiocarbonyl (C=S) groups is 1. The lowest BCUT2D eigenvalue weighted by molar-refractivity contribution is -0.778.